The van der Waals surface area contributed by atoms with Gasteiger partial charge in [0, 0.05) is 17.0 Å². The van der Waals surface area contributed by atoms with Crippen molar-refractivity contribution in [2.75, 3.05) is 0 Å². The molecule has 0 radical (unpaired) electrons. The lowest BCUT2D eigenvalue weighted by Gasteiger charge is -2.31. The first-order chi connectivity index (χ1) is 14.1. The summed E-state index contributed by atoms with van der Waals surface area (Å²) in [7, 11) is 0. The van der Waals surface area contributed by atoms with Gasteiger partial charge in [0.15, 0.2) is 0 Å². The van der Waals surface area contributed by atoms with Gasteiger partial charge in [-0.15, -0.1) is 0 Å². The fourth-order valence-electron chi connectivity index (χ4n) is 3.30. The predicted molar refractivity (Wildman–Crippen MR) is 96.4 cm³/mol. The van der Waals surface area contributed by atoms with E-state index in [1.807, 2.05) is 0 Å². The topological polar surface area (TPSA) is 38.1 Å². The highest BCUT2D eigenvalue weighted by Crippen LogP contribution is 2.45. The molecular formula is C21H12F6N2O. The molecule has 1 atom stereocenters. The molecule has 4 aromatic rings. The summed E-state index contributed by atoms with van der Waals surface area (Å²) in [6.45, 7) is 0. The molecule has 1 unspecified atom stereocenters. The maximum atomic E-state index is 13.9. The second-order valence-corrected chi connectivity index (χ2v) is 6.67. The van der Waals surface area contributed by atoms with E-state index in [1.165, 1.54) is 41.2 Å². The lowest BCUT2D eigenvalue weighted by atomic mass is 9.85. The lowest BCUT2D eigenvalue weighted by molar-refractivity contribution is -0.248. The normalized spacial score (nSPS) is 14.1. The predicted octanol–water partition coefficient (Wildman–Crippen LogP) is 5.24. The van der Waals surface area contributed by atoms with Gasteiger partial charge in [-0.2, -0.15) is 18.3 Å². The number of hydrogen-bond donors (Lipinski definition) is 1. The number of benzene rings is 3. The van der Waals surface area contributed by atoms with Crippen molar-refractivity contribution < 1.29 is 31.4 Å². The van der Waals surface area contributed by atoms with Crippen LogP contribution in [-0.4, -0.2) is 21.1 Å². The van der Waals surface area contributed by atoms with Crippen LogP contribution in [0.5, 0.6) is 0 Å². The van der Waals surface area contributed by atoms with Gasteiger partial charge in [0.1, 0.15) is 17.5 Å². The van der Waals surface area contributed by atoms with Gasteiger partial charge in [0.25, 0.3) is 0 Å². The summed E-state index contributed by atoms with van der Waals surface area (Å²) in [5.41, 5.74) is -4.41. The summed E-state index contributed by atoms with van der Waals surface area (Å²) in [6, 6.07) is 9.90. The van der Waals surface area contributed by atoms with Crippen LogP contribution in [0.25, 0.3) is 16.6 Å². The van der Waals surface area contributed by atoms with Crippen molar-refractivity contribution in [1.82, 2.24) is 9.78 Å². The Morgan fingerprint density at radius 3 is 1.97 bits per heavy atom. The Kier molecular flexibility index (Phi) is 4.58. The van der Waals surface area contributed by atoms with Crippen molar-refractivity contribution in [3.8, 4) is 5.69 Å². The summed E-state index contributed by atoms with van der Waals surface area (Å²) in [5, 5.41) is 15.0. The van der Waals surface area contributed by atoms with E-state index in [4.69, 9.17) is 0 Å². The molecular weight excluding hydrogens is 410 g/mol. The zero-order valence-electron chi connectivity index (χ0n) is 15.0. The van der Waals surface area contributed by atoms with Gasteiger partial charge < -0.3 is 5.11 Å². The average Bonchev–Trinajstić information content (AvgIpc) is 3.09. The third kappa shape index (κ3) is 3.21. The quantitative estimate of drug-likeness (QED) is 0.459. The van der Waals surface area contributed by atoms with E-state index < -0.39 is 40.4 Å². The maximum absolute atomic E-state index is 13.9. The molecule has 0 amide bonds. The number of fused-ring (bicyclic) bond motifs is 1. The second-order valence-electron chi connectivity index (χ2n) is 6.67. The zero-order chi connectivity index (χ0) is 21.7. The van der Waals surface area contributed by atoms with Gasteiger partial charge in [-0.25, -0.2) is 17.9 Å². The fraction of sp³-hybridized carbons (Fsp3) is 0.0952. The largest absolute Gasteiger partial charge is 0.425 e. The summed E-state index contributed by atoms with van der Waals surface area (Å²) in [5.74, 6) is -2.97. The molecule has 0 aliphatic rings. The van der Waals surface area contributed by atoms with Crippen molar-refractivity contribution >= 4 is 10.9 Å². The molecule has 0 fully saturated rings. The van der Waals surface area contributed by atoms with Gasteiger partial charge >= 0.3 is 6.18 Å². The minimum atomic E-state index is -5.27. The maximum Gasteiger partial charge on any atom is 0.425 e. The molecule has 3 aromatic carbocycles. The molecule has 0 saturated carbocycles. The highest BCUT2D eigenvalue weighted by atomic mass is 19.4. The summed E-state index contributed by atoms with van der Waals surface area (Å²) in [4.78, 5) is 0. The Morgan fingerprint density at radius 1 is 0.733 bits per heavy atom. The third-order valence-corrected chi connectivity index (χ3v) is 4.75. The van der Waals surface area contributed by atoms with E-state index in [9.17, 15) is 31.4 Å². The molecule has 0 spiro atoms. The Balaban J connectivity index is 1.88. The Hall–Kier alpha value is -3.33. The number of nitrogens with zero attached hydrogens (tertiary/aromatic N) is 2. The summed E-state index contributed by atoms with van der Waals surface area (Å²) in [6.07, 6.45) is -4.00. The smallest absolute Gasteiger partial charge is 0.372 e. The molecule has 0 aliphatic heterocycles. The molecule has 1 aromatic heterocycles. The number of alkyl halides is 3. The van der Waals surface area contributed by atoms with Crippen LogP contribution >= 0.6 is 0 Å². The Labute approximate surface area is 165 Å². The standard InChI is InChI=1S/C21H12F6N2O/c22-15-2-4-18(5-3-15)29-19-6-1-13(7-12(19)11-28-29)20(30,21(25,26)27)14-8-16(23)10-17(24)9-14/h1-11,30H. The highest BCUT2D eigenvalue weighted by Gasteiger charge is 2.56. The molecule has 9 heteroatoms. The molecule has 30 heavy (non-hydrogen) atoms. The van der Waals surface area contributed by atoms with Crippen LogP contribution in [0.4, 0.5) is 26.3 Å². The van der Waals surface area contributed by atoms with Crippen LogP contribution in [0.15, 0.2) is 66.9 Å². The molecule has 0 saturated heterocycles. The van der Waals surface area contributed by atoms with E-state index in [-0.39, 0.29) is 5.39 Å². The zero-order valence-corrected chi connectivity index (χ0v) is 15.0. The molecule has 0 bridgehead atoms. The van der Waals surface area contributed by atoms with Gasteiger partial charge in [-0.3, -0.25) is 0 Å². The number of aromatic nitrogens is 2. The molecule has 1 heterocycles. The van der Waals surface area contributed by atoms with Crippen LogP contribution in [0.3, 0.4) is 0 Å². The average molecular weight is 422 g/mol. The molecule has 154 valence electrons. The minimum absolute atomic E-state index is 0.233. The number of halogens is 6. The SMILES string of the molecule is OC(c1cc(F)cc(F)c1)(c1ccc2c(cnn2-c2ccc(F)cc2)c1)C(F)(F)F. The van der Waals surface area contributed by atoms with Crippen molar-refractivity contribution in [3.63, 3.8) is 0 Å². The van der Waals surface area contributed by atoms with Crippen LogP contribution in [0, 0.1) is 17.5 Å². The van der Waals surface area contributed by atoms with Gasteiger partial charge in [-0.05, 0) is 54.1 Å². The van der Waals surface area contributed by atoms with Gasteiger partial charge in [-0.1, -0.05) is 6.07 Å². The monoisotopic (exact) mass is 422 g/mol. The number of rotatable bonds is 3. The van der Waals surface area contributed by atoms with Crippen LogP contribution in [0.1, 0.15) is 11.1 Å². The van der Waals surface area contributed by atoms with E-state index in [0.717, 1.165) is 12.1 Å². The Morgan fingerprint density at radius 2 is 1.37 bits per heavy atom. The minimum Gasteiger partial charge on any atom is -0.372 e. The number of hydrogen-bond acceptors (Lipinski definition) is 2. The van der Waals surface area contributed by atoms with E-state index >= 15 is 0 Å². The molecule has 3 nitrogen and oxygen atoms in total. The molecule has 4 rings (SSSR count). The van der Waals surface area contributed by atoms with Crippen molar-refractivity contribution in [3.05, 3.63) is 95.4 Å². The Bertz CT molecular complexity index is 1210. The van der Waals surface area contributed by atoms with E-state index in [0.29, 0.717) is 29.4 Å². The molecule has 1 N–H and O–H groups in total. The number of aliphatic hydroxyl groups is 1. The first-order valence-corrected chi connectivity index (χ1v) is 8.59. The fourth-order valence-corrected chi connectivity index (χ4v) is 3.30. The van der Waals surface area contributed by atoms with Crippen LogP contribution < -0.4 is 0 Å². The van der Waals surface area contributed by atoms with E-state index in [1.54, 1.807) is 0 Å². The van der Waals surface area contributed by atoms with Gasteiger partial charge in [0.2, 0.25) is 5.60 Å². The molecule has 0 aliphatic carbocycles. The summed E-state index contributed by atoms with van der Waals surface area (Å²) < 4.78 is 83.4. The third-order valence-electron chi connectivity index (χ3n) is 4.75. The lowest BCUT2D eigenvalue weighted by Crippen LogP contribution is -2.43. The highest BCUT2D eigenvalue weighted by molar-refractivity contribution is 5.81. The van der Waals surface area contributed by atoms with Gasteiger partial charge in [0.05, 0.1) is 17.4 Å². The van der Waals surface area contributed by atoms with Crippen molar-refractivity contribution in [1.29, 1.82) is 0 Å². The second kappa shape index (κ2) is 6.88. The van der Waals surface area contributed by atoms with E-state index in [2.05, 4.69) is 5.10 Å². The first kappa shape index (κ1) is 20.0. The van der Waals surface area contributed by atoms with Crippen LogP contribution in [-0.2, 0) is 5.60 Å². The van der Waals surface area contributed by atoms with Crippen LogP contribution in [0.2, 0.25) is 0 Å². The van der Waals surface area contributed by atoms with Crippen molar-refractivity contribution in [2.45, 2.75) is 11.8 Å². The summed E-state index contributed by atoms with van der Waals surface area (Å²) >= 11 is 0. The van der Waals surface area contributed by atoms with Crippen molar-refractivity contribution in [2.24, 2.45) is 0 Å². The first-order valence-electron chi connectivity index (χ1n) is 8.59.